The van der Waals surface area contributed by atoms with Crippen molar-refractivity contribution in [1.29, 1.82) is 0 Å². The molecule has 1 aliphatic rings. The zero-order valence-electron chi connectivity index (χ0n) is 8.08. The average Bonchev–Trinajstić information content (AvgIpc) is 2.80. The molecule has 76 valence electrons. The molecule has 4 nitrogen and oxygen atoms in total. The van der Waals surface area contributed by atoms with E-state index < -0.39 is 0 Å². The minimum Gasteiger partial charge on any atom is -0.360 e. The molecule has 0 bridgehead atoms. The first-order chi connectivity index (χ1) is 6.75. The highest BCUT2D eigenvalue weighted by molar-refractivity contribution is 7.80. The summed E-state index contributed by atoms with van der Waals surface area (Å²) in [6.07, 6.45) is 6.15. The van der Waals surface area contributed by atoms with Gasteiger partial charge in [-0.05, 0) is 32.0 Å². The maximum atomic E-state index is 5.17. The van der Waals surface area contributed by atoms with E-state index in [0.29, 0.717) is 6.04 Å². The smallest absolute Gasteiger partial charge is 0.166 e. The summed E-state index contributed by atoms with van der Waals surface area (Å²) >= 11 is 5.17. The van der Waals surface area contributed by atoms with Crippen LogP contribution in [0.1, 0.15) is 31.4 Å². The fraction of sp³-hybridized carbons (Fsp3) is 0.556. The normalized spacial score (nSPS) is 17.5. The van der Waals surface area contributed by atoms with Gasteiger partial charge in [-0.25, -0.2) is 0 Å². The van der Waals surface area contributed by atoms with Gasteiger partial charge in [-0.15, -0.1) is 0 Å². The van der Waals surface area contributed by atoms with Crippen LogP contribution in [-0.2, 0) is 0 Å². The number of nitrogens with zero attached hydrogens (tertiary/aromatic N) is 1. The molecule has 0 radical (unpaired) electrons. The molecule has 5 heteroatoms. The van der Waals surface area contributed by atoms with Gasteiger partial charge in [0.25, 0.3) is 0 Å². The van der Waals surface area contributed by atoms with Crippen molar-refractivity contribution in [2.24, 2.45) is 0 Å². The largest absolute Gasteiger partial charge is 0.360 e. The number of nitrogens with one attached hydrogen (secondary N) is 3. The van der Waals surface area contributed by atoms with Crippen LogP contribution in [0.2, 0.25) is 0 Å². The molecule has 2 rings (SSSR count). The second kappa shape index (κ2) is 3.96. The van der Waals surface area contributed by atoms with E-state index in [1.54, 1.807) is 6.20 Å². The Kier molecular flexibility index (Phi) is 2.67. The molecule has 0 aromatic carbocycles. The van der Waals surface area contributed by atoms with Crippen LogP contribution in [0, 0.1) is 0 Å². The van der Waals surface area contributed by atoms with Gasteiger partial charge in [0.05, 0.1) is 12.2 Å². The molecule has 0 amide bonds. The summed E-state index contributed by atoms with van der Waals surface area (Å²) in [5, 5.41) is 13.9. The zero-order valence-corrected chi connectivity index (χ0v) is 8.90. The topological polar surface area (TPSA) is 52.7 Å². The molecule has 1 unspecified atom stereocenters. The number of hydrogen-bond acceptors (Lipinski definition) is 2. The fourth-order valence-electron chi connectivity index (χ4n) is 1.23. The highest BCUT2D eigenvalue weighted by atomic mass is 32.1. The monoisotopic (exact) mass is 210 g/mol. The van der Waals surface area contributed by atoms with Crippen LogP contribution in [0.15, 0.2) is 12.4 Å². The van der Waals surface area contributed by atoms with Crippen LogP contribution in [0.5, 0.6) is 0 Å². The van der Waals surface area contributed by atoms with Crippen LogP contribution in [0.4, 0.5) is 0 Å². The van der Waals surface area contributed by atoms with Gasteiger partial charge in [0.1, 0.15) is 0 Å². The highest BCUT2D eigenvalue weighted by Crippen LogP contribution is 2.18. The van der Waals surface area contributed by atoms with Gasteiger partial charge < -0.3 is 10.6 Å². The SMILES string of the molecule is CC(NC(=S)NC1CC1)c1cn[nH]c1. The van der Waals surface area contributed by atoms with E-state index in [1.807, 2.05) is 6.20 Å². The predicted octanol–water partition coefficient (Wildman–Crippen LogP) is 1.10. The summed E-state index contributed by atoms with van der Waals surface area (Å²) in [6.45, 7) is 2.06. The zero-order chi connectivity index (χ0) is 9.97. The molecular weight excluding hydrogens is 196 g/mol. The van der Waals surface area contributed by atoms with Gasteiger partial charge in [-0.3, -0.25) is 5.10 Å². The summed E-state index contributed by atoms with van der Waals surface area (Å²) in [5.74, 6) is 0. The van der Waals surface area contributed by atoms with Gasteiger partial charge in [-0.2, -0.15) is 5.10 Å². The second-order valence-electron chi connectivity index (χ2n) is 3.65. The van der Waals surface area contributed by atoms with E-state index in [1.165, 1.54) is 12.8 Å². The van der Waals surface area contributed by atoms with Crippen LogP contribution >= 0.6 is 12.2 Å². The Morgan fingerprint density at radius 2 is 2.50 bits per heavy atom. The minimum absolute atomic E-state index is 0.201. The van der Waals surface area contributed by atoms with Crippen LogP contribution in [0.25, 0.3) is 0 Å². The third-order valence-corrected chi connectivity index (χ3v) is 2.52. The molecule has 0 spiro atoms. The maximum Gasteiger partial charge on any atom is 0.166 e. The van der Waals surface area contributed by atoms with Crippen molar-refractivity contribution in [3.63, 3.8) is 0 Å². The quantitative estimate of drug-likeness (QED) is 0.654. The number of H-pyrrole nitrogens is 1. The van der Waals surface area contributed by atoms with Crippen molar-refractivity contribution >= 4 is 17.3 Å². The number of rotatable bonds is 3. The van der Waals surface area contributed by atoms with Crippen LogP contribution in [0.3, 0.4) is 0 Å². The molecule has 1 saturated carbocycles. The molecule has 3 N–H and O–H groups in total. The third kappa shape index (κ3) is 2.45. The molecule has 0 saturated heterocycles. The summed E-state index contributed by atoms with van der Waals surface area (Å²) in [6, 6.07) is 0.805. The predicted molar refractivity (Wildman–Crippen MR) is 58.9 cm³/mol. The summed E-state index contributed by atoms with van der Waals surface area (Å²) in [4.78, 5) is 0. The van der Waals surface area contributed by atoms with E-state index in [-0.39, 0.29) is 6.04 Å². The van der Waals surface area contributed by atoms with Crippen molar-refractivity contribution in [2.75, 3.05) is 0 Å². The van der Waals surface area contributed by atoms with E-state index >= 15 is 0 Å². The Labute approximate surface area is 88.5 Å². The summed E-state index contributed by atoms with van der Waals surface area (Å²) in [5.41, 5.74) is 1.12. The molecule has 14 heavy (non-hydrogen) atoms. The van der Waals surface area contributed by atoms with Gasteiger partial charge in [0, 0.05) is 17.8 Å². The molecule has 1 atom stereocenters. The molecule has 0 aliphatic heterocycles. The maximum absolute atomic E-state index is 5.17. The Morgan fingerprint density at radius 3 is 3.07 bits per heavy atom. The van der Waals surface area contributed by atoms with E-state index in [4.69, 9.17) is 12.2 Å². The van der Waals surface area contributed by atoms with Crippen LogP contribution < -0.4 is 10.6 Å². The molecule has 1 fully saturated rings. The Hall–Kier alpha value is -1.10. The van der Waals surface area contributed by atoms with Crippen molar-refractivity contribution in [3.8, 4) is 0 Å². The van der Waals surface area contributed by atoms with Crippen molar-refractivity contribution < 1.29 is 0 Å². The molecule has 1 heterocycles. The first-order valence-corrected chi connectivity index (χ1v) is 5.22. The number of hydrogen-bond donors (Lipinski definition) is 3. The lowest BCUT2D eigenvalue weighted by Crippen LogP contribution is -2.37. The number of thiocarbonyl (C=S) groups is 1. The van der Waals surface area contributed by atoms with E-state index in [2.05, 4.69) is 27.8 Å². The standard InChI is InChI=1S/C9H14N4S/c1-6(7-4-10-11-5-7)12-9(14)13-8-2-3-8/h4-6,8H,2-3H2,1H3,(H,10,11)(H2,12,13,14). The first-order valence-electron chi connectivity index (χ1n) is 4.81. The lowest BCUT2D eigenvalue weighted by atomic mass is 10.2. The summed E-state index contributed by atoms with van der Waals surface area (Å²) < 4.78 is 0. The Balaban J connectivity index is 1.81. The van der Waals surface area contributed by atoms with Crippen LogP contribution in [-0.4, -0.2) is 21.4 Å². The van der Waals surface area contributed by atoms with E-state index in [0.717, 1.165) is 10.7 Å². The molecule has 1 aromatic rings. The number of aromatic amines is 1. The van der Waals surface area contributed by atoms with Crippen molar-refractivity contribution in [3.05, 3.63) is 18.0 Å². The van der Waals surface area contributed by atoms with E-state index in [9.17, 15) is 0 Å². The molecule has 1 aromatic heterocycles. The average molecular weight is 210 g/mol. The lowest BCUT2D eigenvalue weighted by Gasteiger charge is -2.15. The summed E-state index contributed by atoms with van der Waals surface area (Å²) in [7, 11) is 0. The highest BCUT2D eigenvalue weighted by Gasteiger charge is 2.22. The third-order valence-electron chi connectivity index (χ3n) is 2.28. The van der Waals surface area contributed by atoms with Gasteiger partial charge >= 0.3 is 0 Å². The number of aromatic nitrogens is 2. The Bertz CT molecular complexity index is 305. The Morgan fingerprint density at radius 1 is 1.71 bits per heavy atom. The van der Waals surface area contributed by atoms with Gasteiger partial charge in [0.15, 0.2) is 5.11 Å². The minimum atomic E-state index is 0.201. The van der Waals surface area contributed by atoms with Gasteiger partial charge in [0.2, 0.25) is 0 Å². The van der Waals surface area contributed by atoms with Gasteiger partial charge in [-0.1, -0.05) is 0 Å². The molecular formula is C9H14N4S. The van der Waals surface area contributed by atoms with Crippen molar-refractivity contribution in [1.82, 2.24) is 20.8 Å². The van der Waals surface area contributed by atoms with Crippen molar-refractivity contribution in [2.45, 2.75) is 31.8 Å². The first kappa shape index (κ1) is 9.45. The second-order valence-corrected chi connectivity index (χ2v) is 4.05. The molecule has 1 aliphatic carbocycles. The fourth-order valence-corrected chi connectivity index (χ4v) is 1.58. The lowest BCUT2D eigenvalue weighted by molar-refractivity contribution is 0.697.